The molecule has 1 aliphatic heterocycles. The van der Waals surface area contributed by atoms with E-state index in [1.807, 2.05) is 36.4 Å². The topological polar surface area (TPSA) is 68.2 Å². The predicted octanol–water partition coefficient (Wildman–Crippen LogP) is 4.87. The molecule has 0 atom stereocenters. The fourth-order valence-corrected chi connectivity index (χ4v) is 4.01. The number of carboxylic acids is 1. The van der Waals surface area contributed by atoms with Crippen molar-refractivity contribution in [3.8, 4) is 0 Å². The van der Waals surface area contributed by atoms with E-state index < -0.39 is 5.97 Å². The van der Waals surface area contributed by atoms with Crippen LogP contribution in [-0.4, -0.2) is 54.7 Å². The number of piperazine rings is 1. The quantitative estimate of drug-likeness (QED) is 0.404. The highest BCUT2D eigenvalue weighted by molar-refractivity contribution is 6.30. The Hall–Kier alpha value is -3.51. The Labute approximate surface area is 199 Å². The average molecular weight is 463 g/mol. The number of carboxylic acid groups (broad SMARTS) is 1. The highest BCUT2D eigenvalue weighted by Crippen LogP contribution is 2.21. The minimum absolute atomic E-state index is 0.262. The lowest BCUT2D eigenvalue weighted by Crippen LogP contribution is -2.50. The molecule has 1 saturated heterocycles. The molecule has 4 rings (SSSR count). The minimum atomic E-state index is -0.935. The third-order valence-corrected chi connectivity index (χ3v) is 5.88. The van der Waals surface area contributed by atoms with Crippen molar-refractivity contribution < 1.29 is 9.90 Å². The summed E-state index contributed by atoms with van der Waals surface area (Å²) in [4.78, 5) is 20.6. The zero-order valence-corrected chi connectivity index (χ0v) is 19.1. The number of nitrogens with zero attached hydrogens (tertiary/aromatic N) is 3. The Morgan fingerprint density at radius 3 is 2.33 bits per heavy atom. The van der Waals surface area contributed by atoms with E-state index in [0.29, 0.717) is 6.54 Å². The van der Waals surface area contributed by atoms with Crippen LogP contribution in [0.5, 0.6) is 0 Å². The number of carbonyl (C=O) groups is 1. The maximum atomic E-state index is 11.2. The average Bonchev–Trinajstić information content (AvgIpc) is 2.84. The number of aliphatic imine (C=N–C) groups is 1. The summed E-state index contributed by atoms with van der Waals surface area (Å²) < 4.78 is 0. The summed E-state index contributed by atoms with van der Waals surface area (Å²) in [7, 11) is 0. The molecule has 1 fully saturated rings. The molecule has 2 N–H and O–H groups in total. The number of nitrogens with one attached hydrogen (secondary N) is 1. The Morgan fingerprint density at radius 2 is 1.67 bits per heavy atom. The molecule has 0 aliphatic carbocycles. The van der Waals surface area contributed by atoms with Gasteiger partial charge in [-0.1, -0.05) is 48.0 Å². The Bertz CT molecular complexity index is 1090. The lowest BCUT2D eigenvalue weighted by Gasteiger charge is -2.37. The largest absolute Gasteiger partial charge is 0.478 e. The van der Waals surface area contributed by atoms with Crippen LogP contribution in [0.1, 0.15) is 15.9 Å². The van der Waals surface area contributed by atoms with Gasteiger partial charge in [-0.3, -0.25) is 4.99 Å². The standard InChI is InChI=1S/C26H27ClN4O2/c27-22-7-4-8-24(19-22)30-15-17-31(18-16-30)26(28-14-13-20-5-2-1-3-6-20)29-23-11-9-21(10-12-23)25(32)33/h1-12,19H,13-18H2,(H,28,29)(H,32,33). The van der Waals surface area contributed by atoms with Gasteiger partial charge in [-0.2, -0.15) is 0 Å². The van der Waals surface area contributed by atoms with Gasteiger partial charge in [0.25, 0.3) is 0 Å². The lowest BCUT2D eigenvalue weighted by molar-refractivity contribution is 0.0697. The van der Waals surface area contributed by atoms with E-state index in [1.165, 1.54) is 5.56 Å². The van der Waals surface area contributed by atoms with Crippen LogP contribution in [0.25, 0.3) is 0 Å². The van der Waals surface area contributed by atoms with E-state index in [-0.39, 0.29) is 5.56 Å². The summed E-state index contributed by atoms with van der Waals surface area (Å²) in [5.41, 5.74) is 3.45. The molecule has 33 heavy (non-hydrogen) atoms. The Kier molecular flexibility index (Phi) is 7.47. The van der Waals surface area contributed by atoms with Crippen molar-refractivity contribution in [1.29, 1.82) is 0 Å². The molecule has 0 radical (unpaired) electrons. The fraction of sp³-hybridized carbons (Fsp3) is 0.231. The number of anilines is 2. The SMILES string of the molecule is O=C(O)c1ccc(NC(=NCCc2ccccc2)N2CCN(c3cccc(Cl)c3)CC2)cc1. The molecule has 3 aromatic rings. The van der Waals surface area contributed by atoms with Crippen molar-refractivity contribution in [1.82, 2.24) is 4.90 Å². The van der Waals surface area contributed by atoms with E-state index in [0.717, 1.165) is 55.0 Å². The summed E-state index contributed by atoms with van der Waals surface area (Å²) in [6.45, 7) is 4.01. The second kappa shape index (κ2) is 10.9. The zero-order valence-electron chi connectivity index (χ0n) is 18.3. The van der Waals surface area contributed by atoms with Crippen molar-refractivity contribution in [3.63, 3.8) is 0 Å². The minimum Gasteiger partial charge on any atom is -0.478 e. The molecule has 0 bridgehead atoms. The van der Waals surface area contributed by atoms with E-state index >= 15 is 0 Å². The number of benzene rings is 3. The molecule has 0 aromatic heterocycles. The van der Waals surface area contributed by atoms with Gasteiger partial charge < -0.3 is 20.2 Å². The molecule has 0 spiro atoms. The first-order chi connectivity index (χ1) is 16.1. The van der Waals surface area contributed by atoms with Crippen LogP contribution in [-0.2, 0) is 6.42 Å². The maximum absolute atomic E-state index is 11.2. The fourth-order valence-electron chi connectivity index (χ4n) is 3.83. The zero-order chi connectivity index (χ0) is 23.0. The molecule has 6 nitrogen and oxygen atoms in total. The van der Waals surface area contributed by atoms with Crippen LogP contribution in [0.3, 0.4) is 0 Å². The molecule has 0 saturated carbocycles. The first-order valence-electron chi connectivity index (χ1n) is 11.0. The van der Waals surface area contributed by atoms with Crippen molar-refractivity contribution in [3.05, 3.63) is 95.0 Å². The van der Waals surface area contributed by atoms with Crippen molar-refractivity contribution in [2.75, 3.05) is 42.9 Å². The Balaban J connectivity index is 1.46. The van der Waals surface area contributed by atoms with Crippen molar-refractivity contribution in [2.24, 2.45) is 4.99 Å². The van der Waals surface area contributed by atoms with E-state index in [1.54, 1.807) is 24.3 Å². The normalized spacial score (nSPS) is 14.3. The van der Waals surface area contributed by atoms with Gasteiger partial charge in [-0.15, -0.1) is 0 Å². The molecule has 3 aromatic carbocycles. The summed E-state index contributed by atoms with van der Waals surface area (Å²) >= 11 is 6.17. The lowest BCUT2D eigenvalue weighted by atomic mass is 10.1. The number of guanidine groups is 1. The molecule has 1 heterocycles. The Morgan fingerprint density at radius 1 is 0.939 bits per heavy atom. The highest BCUT2D eigenvalue weighted by Gasteiger charge is 2.20. The second-order valence-electron chi connectivity index (χ2n) is 7.90. The molecule has 0 unspecified atom stereocenters. The van der Waals surface area contributed by atoms with Crippen LogP contribution in [0.15, 0.2) is 83.9 Å². The van der Waals surface area contributed by atoms with Crippen LogP contribution in [0.2, 0.25) is 5.02 Å². The van der Waals surface area contributed by atoms with E-state index in [4.69, 9.17) is 21.7 Å². The monoisotopic (exact) mass is 462 g/mol. The number of hydrogen-bond donors (Lipinski definition) is 2. The number of hydrogen-bond acceptors (Lipinski definition) is 3. The molecule has 7 heteroatoms. The third-order valence-electron chi connectivity index (χ3n) is 5.65. The number of halogens is 1. The molecular formula is C26H27ClN4O2. The van der Waals surface area contributed by atoms with Gasteiger partial charge in [-0.05, 0) is 54.4 Å². The maximum Gasteiger partial charge on any atom is 0.335 e. The molecule has 1 aliphatic rings. The molecular weight excluding hydrogens is 436 g/mol. The van der Waals surface area contributed by atoms with Crippen LogP contribution in [0, 0.1) is 0 Å². The number of rotatable bonds is 6. The van der Waals surface area contributed by atoms with Gasteiger partial charge in [0, 0.05) is 49.1 Å². The second-order valence-corrected chi connectivity index (χ2v) is 8.34. The van der Waals surface area contributed by atoms with Crippen molar-refractivity contribution >= 4 is 34.9 Å². The summed E-state index contributed by atoms with van der Waals surface area (Å²) in [5.74, 6) is -0.129. The van der Waals surface area contributed by atoms with Crippen molar-refractivity contribution in [2.45, 2.75) is 6.42 Å². The summed E-state index contributed by atoms with van der Waals surface area (Å²) in [6, 6.07) is 25.0. The van der Waals surface area contributed by atoms with Crippen LogP contribution < -0.4 is 10.2 Å². The van der Waals surface area contributed by atoms with Gasteiger partial charge in [0.15, 0.2) is 5.96 Å². The van der Waals surface area contributed by atoms with E-state index in [2.05, 4.69) is 33.3 Å². The third kappa shape index (κ3) is 6.26. The molecule has 170 valence electrons. The van der Waals surface area contributed by atoms with Crippen LogP contribution >= 0.6 is 11.6 Å². The smallest absolute Gasteiger partial charge is 0.335 e. The van der Waals surface area contributed by atoms with Crippen LogP contribution in [0.4, 0.5) is 11.4 Å². The van der Waals surface area contributed by atoms with Gasteiger partial charge >= 0.3 is 5.97 Å². The summed E-state index contributed by atoms with van der Waals surface area (Å²) in [5, 5.41) is 13.3. The number of aromatic carboxylic acids is 1. The first kappa shape index (κ1) is 22.7. The van der Waals surface area contributed by atoms with Gasteiger partial charge in [0.1, 0.15) is 0 Å². The molecule has 0 amide bonds. The van der Waals surface area contributed by atoms with Gasteiger partial charge in [0.2, 0.25) is 0 Å². The van der Waals surface area contributed by atoms with Gasteiger partial charge in [-0.25, -0.2) is 4.79 Å². The predicted molar refractivity (Wildman–Crippen MR) is 135 cm³/mol. The van der Waals surface area contributed by atoms with Gasteiger partial charge in [0.05, 0.1) is 5.56 Å². The first-order valence-corrected chi connectivity index (χ1v) is 11.4. The summed E-state index contributed by atoms with van der Waals surface area (Å²) in [6.07, 6.45) is 0.854. The van der Waals surface area contributed by atoms with E-state index in [9.17, 15) is 4.79 Å². The highest BCUT2D eigenvalue weighted by atomic mass is 35.5.